The third-order valence-corrected chi connectivity index (χ3v) is 3.98. The number of aromatic amines is 1. The molecule has 138 valence electrons. The van der Waals surface area contributed by atoms with Crippen molar-refractivity contribution < 1.29 is 17.6 Å². The maximum Gasteiger partial charge on any atom is 0.418 e. The van der Waals surface area contributed by atoms with Gasteiger partial charge in [-0.1, -0.05) is 12.1 Å². The number of fused-ring (bicyclic) bond motifs is 1. The fourth-order valence-electron chi connectivity index (χ4n) is 2.87. The van der Waals surface area contributed by atoms with Crippen molar-refractivity contribution in [3.63, 3.8) is 0 Å². The van der Waals surface area contributed by atoms with Gasteiger partial charge in [0.15, 0.2) is 11.4 Å². The Kier molecular flexibility index (Phi) is 3.58. The quantitative estimate of drug-likeness (QED) is 0.560. The molecule has 0 amide bonds. The lowest BCUT2D eigenvalue weighted by atomic mass is 10.1. The normalized spacial score (nSPS) is 12.0. The number of H-pyrrole nitrogens is 1. The van der Waals surface area contributed by atoms with E-state index in [0.717, 1.165) is 10.6 Å². The number of aromatic nitrogens is 4. The van der Waals surface area contributed by atoms with Gasteiger partial charge in [-0.2, -0.15) is 18.2 Å². The standard InChI is InChI=1S/C17H12F3N5O2/c1-8-6-7-11(27-8)12-13-14(24-15(21)22-12)25(16(26)23-13)10-5-3-2-4-9(10)17(18,19)20/h2-7H,1H3,(H,23,26)(H2,21,22,24). The fourth-order valence-corrected chi connectivity index (χ4v) is 2.87. The lowest BCUT2D eigenvalue weighted by Gasteiger charge is -2.13. The minimum absolute atomic E-state index is 0.0757. The molecule has 0 radical (unpaired) electrons. The topological polar surface area (TPSA) is 103 Å². The molecule has 0 aliphatic rings. The number of hydrogen-bond acceptors (Lipinski definition) is 5. The third kappa shape index (κ3) is 2.75. The van der Waals surface area contributed by atoms with E-state index < -0.39 is 17.4 Å². The first-order valence-electron chi connectivity index (χ1n) is 7.77. The molecule has 4 aromatic rings. The lowest BCUT2D eigenvalue weighted by molar-refractivity contribution is -0.137. The zero-order chi connectivity index (χ0) is 19.3. The first-order valence-corrected chi connectivity index (χ1v) is 7.77. The van der Waals surface area contributed by atoms with Crippen molar-refractivity contribution in [3.8, 4) is 17.1 Å². The van der Waals surface area contributed by atoms with Crippen molar-refractivity contribution in [1.82, 2.24) is 19.5 Å². The number of hydrogen-bond donors (Lipinski definition) is 2. The van der Waals surface area contributed by atoms with Crippen LogP contribution in [0.5, 0.6) is 0 Å². The van der Waals surface area contributed by atoms with Gasteiger partial charge in [-0.25, -0.2) is 14.3 Å². The van der Waals surface area contributed by atoms with E-state index in [9.17, 15) is 18.0 Å². The number of halogens is 3. The van der Waals surface area contributed by atoms with E-state index in [1.54, 1.807) is 19.1 Å². The number of nitrogens with zero attached hydrogens (tertiary/aromatic N) is 3. The molecule has 1 aromatic carbocycles. The number of aryl methyl sites for hydroxylation is 1. The van der Waals surface area contributed by atoms with Crippen LogP contribution < -0.4 is 11.4 Å². The Hall–Kier alpha value is -3.56. The van der Waals surface area contributed by atoms with Gasteiger partial charge < -0.3 is 15.1 Å². The maximum absolute atomic E-state index is 13.4. The van der Waals surface area contributed by atoms with Gasteiger partial charge in [0.1, 0.15) is 17.0 Å². The van der Waals surface area contributed by atoms with Gasteiger partial charge in [0.2, 0.25) is 5.95 Å². The molecule has 3 N–H and O–H groups in total. The molecule has 0 aliphatic heterocycles. The Morgan fingerprint density at radius 2 is 1.89 bits per heavy atom. The molecule has 0 aliphatic carbocycles. The summed E-state index contributed by atoms with van der Waals surface area (Å²) in [4.78, 5) is 23.1. The van der Waals surface area contributed by atoms with Crippen LogP contribution in [0.15, 0.2) is 45.6 Å². The van der Waals surface area contributed by atoms with E-state index in [4.69, 9.17) is 10.2 Å². The first-order chi connectivity index (χ1) is 12.8. The number of para-hydroxylation sites is 1. The molecule has 0 saturated carbocycles. The summed E-state index contributed by atoms with van der Waals surface area (Å²) in [6, 6.07) is 8.03. The molecule has 0 fully saturated rings. The van der Waals surface area contributed by atoms with E-state index in [1.165, 1.54) is 18.2 Å². The average Bonchev–Trinajstić information content (AvgIpc) is 3.16. The van der Waals surface area contributed by atoms with E-state index in [0.29, 0.717) is 11.5 Å². The second-order valence-corrected chi connectivity index (χ2v) is 5.82. The van der Waals surface area contributed by atoms with Crippen molar-refractivity contribution >= 4 is 17.1 Å². The van der Waals surface area contributed by atoms with Crippen LogP contribution in [0, 0.1) is 6.92 Å². The fraction of sp³-hybridized carbons (Fsp3) is 0.118. The second kappa shape index (κ2) is 5.73. The number of alkyl halides is 3. The summed E-state index contributed by atoms with van der Waals surface area (Å²) >= 11 is 0. The predicted octanol–water partition coefficient (Wildman–Crippen LogP) is 3.28. The summed E-state index contributed by atoms with van der Waals surface area (Å²) in [5.74, 6) is 0.701. The SMILES string of the molecule is Cc1ccc(-c2nc(N)nc3c2[nH]c(=O)n3-c2ccccc2C(F)(F)F)o1. The summed E-state index contributed by atoms with van der Waals surface area (Å²) in [5, 5.41) is 0. The third-order valence-electron chi connectivity index (χ3n) is 3.98. The smallest absolute Gasteiger partial charge is 0.418 e. The molecule has 4 rings (SSSR count). The highest BCUT2D eigenvalue weighted by atomic mass is 19.4. The Balaban J connectivity index is 2.07. The minimum atomic E-state index is -4.65. The highest BCUT2D eigenvalue weighted by Gasteiger charge is 2.34. The molecule has 3 heterocycles. The number of nitrogens with two attached hydrogens (primary N) is 1. The summed E-state index contributed by atoms with van der Waals surface area (Å²) in [5.41, 5.74) is 3.84. The van der Waals surface area contributed by atoms with E-state index in [2.05, 4.69) is 15.0 Å². The minimum Gasteiger partial charge on any atom is -0.460 e. The van der Waals surface area contributed by atoms with Crippen molar-refractivity contribution in [2.75, 3.05) is 5.73 Å². The van der Waals surface area contributed by atoms with Crippen LogP contribution in [-0.4, -0.2) is 19.5 Å². The second-order valence-electron chi connectivity index (χ2n) is 5.82. The zero-order valence-corrected chi connectivity index (χ0v) is 13.8. The van der Waals surface area contributed by atoms with Crippen molar-refractivity contribution in [2.24, 2.45) is 0 Å². The largest absolute Gasteiger partial charge is 0.460 e. The van der Waals surface area contributed by atoms with Gasteiger partial charge in [-0.3, -0.25) is 0 Å². The highest BCUT2D eigenvalue weighted by Crippen LogP contribution is 2.35. The molecule has 7 nitrogen and oxygen atoms in total. The monoisotopic (exact) mass is 375 g/mol. The molecule has 10 heteroatoms. The summed E-state index contributed by atoms with van der Waals surface area (Å²) < 4.78 is 46.5. The van der Waals surface area contributed by atoms with Crippen molar-refractivity contribution in [1.29, 1.82) is 0 Å². The zero-order valence-electron chi connectivity index (χ0n) is 13.8. The van der Waals surface area contributed by atoms with Crippen LogP contribution in [0.25, 0.3) is 28.3 Å². The molecule has 0 unspecified atom stereocenters. The van der Waals surface area contributed by atoms with E-state index in [1.807, 2.05) is 0 Å². The van der Waals surface area contributed by atoms with Gasteiger partial charge in [0, 0.05) is 0 Å². The van der Waals surface area contributed by atoms with Crippen LogP contribution in [-0.2, 0) is 6.18 Å². The van der Waals surface area contributed by atoms with Crippen LogP contribution in [0.4, 0.5) is 19.1 Å². The Bertz CT molecular complexity index is 1220. The predicted molar refractivity (Wildman–Crippen MR) is 91.3 cm³/mol. The molecule has 0 saturated heterocycles. The van der Waals surface area contributed by atoms with Gasteiger partial charge >= 0.3 is 11.9 Å². The average molecular weight is 375 g/mol. The summed E-state index contributed by atoms with van der Waals surface area (Å²) in [6.07, 6.45) is -4.65. The van der Waals surface area contributed by atoms with Crippen molar-refractivity contribution in [3.05, 3.63) is 58.2 Å². The van der Waals surface area contributed by atoms with Gasteiger partial charge in [-0.05, 0) is 31.2 Å². The number of imidazole rings is 1. The molecule has 27 heavy (non-hydrogen) atoms. The lowest BCUT2D eigenvalue weighted by Crippen LogP contribution is -2.19. The summed E-state index contributed by atoms with van der Waals surface area (Å²) in [6.45, 7) is 1.72. The number of rotatable bonds is 2. The summed E-state index contributed by atoms with van der Waals surface area (Å²) in [7, 11) is 0. The van der Waals surface area contributed by atoms with E-state index >= 15 is 0 Å². The Labute approximate surface area is 149 Å². The molecule has 3 aromatic heterocycles. The Morgan fingerprint density at radius 3 is 2.56 bits per heavy atom. The highest BCUT2D eigenvalue weighted by molar-refractivity contribution is 5.87. The first kappa shape index (κ1) is 16.9. The molecule has 0 bridgehead atoms. The van der Waals surface area contributed by atoms with Crippen LogP contribution in [0.3, 0.4) is 0 Å². The molecule has 0 atom stereocenters. The van der Waals surface area contributed by atoms with E-state index in [-0.39, 0.29) is 28.5 Å². The number of furan rings is 1. The molecular formula is C17H12F3N5O2. The number of benzene rings is 1. The van der Waals surface area contributed by atoms with Crippen molar-refractivity contribution in [2.45, 2.75) is 13.1 Å². The number of anilines is 1. The number of nitrogens with one attached hydrogen (secondary N) is 1. The molecular weight excluding hydrogens is 363 g/mol. The van der Waals surface area contributed by atoms with Crippen LogP contribution in [0.1, 0.15) is 11.3 Å². The Morgan fingerprint density at radius 1 is 1.15 bits per heavy atom. The van der Waals surface area contributed by atoms with Gasteiger partial charge in [-0.15, -0.1) is 0 Å². The van der Waals surface area contributed by atoms with Gasteiger partial charge in [0.05, 0.1) is 11.3 Å². The maximum atomic E-state index is 13.4. The van der Waals surface area contributed by atoms with Gasteiger partial charge in [0.25, 0.3) is 0 Å². The molecule has 0 spiro atoms. The van der Waals surface area contributed by atoms with Crippen LogP contribution >= 0.6 is 0 Å². The van der Waals surface area contributed by atoms with Crippen LogP contribution in [0.2, 0.25) is 0 Å². The number of nitrogen functional groups attached to an aromatic ring is 1.